The van der Waals surface area contributed by atoms with Crippen LogP contribution in [0.4, 0.5) is 5.95 Å². The molecule has 0 aromatic carbocycles. The number of hydrogen-bond donors (Lipinski definition) is 2. The molecule has 11 nitrogen and oxygen atoms in total. The van der Waals surface area contributed by atoms with Crippen LogP contribution in [0.2, 0.25) is 0 Å². The Bertz CT molecular complexity index is 1070. The van der Waals surface area contributed by atoms with E-state index >= 15 is 0 Å². The van der Waals surface area contributed by atoms with Gasteiger partial charge in [-0.1, -0.05) is 65.2 Å². The minimum atomic E-state index is -0.644. The third-order valence-electron chi connectivity index (χ3n) is 6.60. The van der Waals surface area contributed by atoms with Gasteiger partial charge in [-0.2, -0.15) is 4.98 Å². The van der Waals surface area contributed by atoms with Crippen molar-refractivity contribution in [2.24, 2.45) is 0 Å². The van der Waals surface area contributed by atoms with Crippen molar-refractivity contribution in [3.8, 4) is 0 Å². The highest BCUT2D eigenvalue weighted by Crippen LogP contribution is 2.33. The first kappa shape index (κ1) is 28.6. The Labute approximate surface area is 217 Å². The Hall–Kier alpha value is -2.95. The van der Waals surface area contributed by atoms with Crippen molar-refractivity contribution in [2.45, 2.75) is 116 Å². The summed E-state index contributed by atoms with van der Waals surface area (Å²) in [7, 11) is 0. The number of aromatic nitrogens is 4. The first-order valence-electron chi connectivity index (χ1n) is 13.7. The second-order valence-corrected chi connectivity index (χ2v) is 9.68. The molecule has 37 heavy (non-hydrogen) atoms. The van der Waals surface area contributed by atoms with Crippen LogP contribution in [0.3, 0.4) is 0 Å². The number of rotatable bonds is 16. The first-order chi connectivity index (χ1) is 17.9. The van der Waals surface area contributed by atoms with Gasteiger partial charge >= 0.3 is 11.9 Å². The summed E-state index contributed by atoms with van der Waals surface area (Å²) in [5.41, 5.74) is 5.68. The predicted octanol–water partition coefficient (Wildman–Crippen LogP) is 4.17. The largest absolute Gasteiger partial charge is 0.463 e. The van der Waals surface area contributed by atoms with E-state index in [9.17, 15) is 14.4 Å². The summed E-state index contributed by atoms with van der Waals surface area (Å²) >= 11 is 0. The van der Waals surface area contributed by atoms with Gasteiger partial charge in [-0.05, 0) is 12.8 Å². The van der Waals surface area contributed by atoms with E-state index in [1.807, 2.05) is 0 Å². The molecule has 1 aliphatic rings. The number of H-pyrrole nitrogens is 1. The van der Waals surface area contributed by atoms with Crippen molar-refractivity contribution in [1.29, 1.82) is 0 Å². The van der Waals surface area contributed by atoms with Crippen LogP contribution in [-0.4, -0.2) is 50.3 Å². The molecule has 1 saturated heterocycles. The van der Waals surface area contributed by atoms with E-state index in [0.717, 1.165) is 64.2 Å². The molecule has 0 amide bonds. The minimum Gasteiger partial charge on any atom is -0.463 e. The van der Waals surface area contributed by atoms with E-state index in [0.29, 0.717) is 19.3 Å². The molecule has 1 fully saturated rings. The van der Waals surface area contributed by atoms with Crippen LogP contribution in [0.15, 0.2) is 11.1 Å². The van der Waals surface area contributed by atoms with Crippen molar-refractivity contribution < 1.29 is 23.8 Å². The van der Waals surface area contributed by atoms with Crippen LogP contribution >= 0.6 is 0 Å². The van der Waals surface area contributed by atoms with Crippen molar-refractivity contribution in [3.05, 3.63) is 16.7 Å². The fourth-order valence-corrected chi connectivity index (χ4v) is 4.52. The van der Waals surface area contributed by atoms with Gasteiger partial charge in [0, 0.05) is 19.3 Å². The molecule has 0 spiro atoms. The number of ether oxygens (including phenoxy) is 3. The normalized spacial score (nSPS) is 19.4. The summed E-state index contributed by atoms with van der Waals surface area (Å²) in [4.78, 5) is 47.8. The smallest absolute Gasteiger partial charge is 0.306 e. The van der Waals surface area contributed by atoms with Gasteiger partial charge in [0.15, 0.2) is 11.2 Å². The van der Waals surface area contributed by atoms with E-state index in [4.69, 9.17) is 19.9 Å². The molecular weight excluding hydrogens is 478 g/mol. The lowest BCUT2D eigenvalue weighted by molar-refractivity contribution is -0.158. The highest BCUT2D eigenvalue weighted by molar-refractivity contribution is 5.71. The Balaban J connectivity index is 1.62. The van der Waals surface area contributed by atoms with Gasteiger partial charge in [-0.15, -0.1) is 0 Å². The summed E-state index contributed by atoms with van der Waals surface area (Å²) in [6, 6.07) is 0. The molecule has 3 rings (SSSR count). The first-order valence-corrected chi connectivity index (χ1v) is 13.7. The van der Waals surface area contributed by atoms with Gasteiger partial charge in [-0.3, -0.25) is 23.9 Å². The molecule has 0 unspecified atom stereocenters. The average molecular weight is 520 g/mol. The Morgan fingerprint density at radius 1 is 1.05 bits per heavy atom. The number of aromatic amines is 1. The number of imidazole rings is 1. The van der Waals surface area contributed by atoms with Gasteiger partial charge in [0.2, 0.25) is 5.95 Å². The number of nitrogens with zero attached hydrogens (tertiary/aromatic N) is 3. The zero-order valence-electron chi connectivity index (χ0n) is 22.1. The predicted molar refractivity (Wildman–Crippen MR) is 139 cm³/mol. The van der Waals surface area contributed by atoms with Crippen LogP contribution < -0.4 is 11.3 Å². The molecule has 206 valence electrons. The molecule has 3 N–H and O–H groups in total. The SMILES string of the molecule is CCCCCCCC(=O)OC[C@H]1O[C@@H](n2cnc3c(=O)[nH]c(N)nc32)C[C@@H]1OC(=O)CCCCCCC. The monoisotopic (exact) mass is 519 g/mol. The molecule has 0 saturated carbocycles. The maximum Gasteiger partial charge on any atom is 0.306 e. The lowest BCUT2D eigenvalue weighted by Crippen LogP contribution is -2.32. The summed E-state index contributed by atoms with van der Waals surface area (Å²) in [5.74, 6) is -0.626. The zero-order chi connectivity index (χ0) is 26.6. The second-order valence-electron chi connectivity index (χ2n) is 9.68. The van der Waals surface area contributed by atoms with Gasteiger partial charge < -0.3 is 19.9 Å². The van der Waals surface area contributed by atoms with Crippen LogP contribution in [-0.2, 0) is 23.8 Å². The molecule has 0 bridgehead atoms. The van der Waals surface area contributed by atoms with E-state index in [-0.39, 0.29) is 35.7 Å². The standard InChI is InChI=1S/C26H41N5O6/c1-3-5-7-9-11-13-21(32)35-16-19-18(37-22(33)14-12-10-8-6-4-2)15-20(36-19)31-17-28-23-24(31)29-26(27)30-25(23)34/h17-20H,3-16H2,1-2H3,(H3,27,29,30,34)/t18-,19+,20+/m0/s1. The van der Waals surface area contributed by atoms with Crippen molar-refractivity contribution >= 4 is 29.1 Å². The van der Waals surface area contributed by atoms with Gasteiger partial charge in [0.25, 0.3) is 5.56 Å². The number of fused-ring (bicyclic) bond motifs is 1. The van der Waals surface area contributed by atoms with Gasteiger partial charge in [-0.25, -0.2) is 4.98 Å². The molecular formula is C26H41N5O6. The number of nitrogens with one attached hydrogen (secondary N) is 1. The molecule has 3 atom stereocenters. The summed E-state index contributed by atoms with van der Waals surface area (Å²) in [6.45, 7) is 4.27. The number of hydrogen-bond acceptors (Lipinski definition) is 9. The lowest BCUT2D eigenvalue weighted by atomic mass is 10.1. The van der Waals surface area contributed by atoms with Gasteiger partial charge in [0.1, 0.15) is 25.0 Å². The number of unbranched alkanes of at least 4 members (excludes halogenated alkanes) is 8. The van der Waals surface area contributed by atoms with Crippen LogP contribution in [0.5, 0.6) is 0 Å². The number of carbonyl (C=O) groups excluding carboxylic acids is 2. The van der Waals surface area contributed by atoms with Crippen molar-refractivity contribution in [1.82, 2.24) is 19.5 Å². The summed E-state index contributed by atoms with van der Waals surface area (Å²) in [6.07, 6.45) is 10.9. The summed E-state index contributed by atoms with van der Waals surface area (Å²) in [5, 5.41) is 0. The van der Waals surface area contributed by atoms with Crippen molar-refractivity contribution in [2.75, 3.05) is 12.3 Å². The number of carbonyl (C=O) groups is 2. The number of nitrogen functional groups attached to an aromatic ring is 1. The highest BCUT2D eigenvalue weighted by atomic mass is 16.6. The van der Waals surface area contributed by atoms with Gasteiger partial charge in [0.05, 0.1) is 6.33 Å². The quantitative estimate of drug-likeness (QED) is 0.246. The van der Waals surface area contributed by atoms with Crippen LogP contribution in [0.1, 0.15) is 104 Å². The third-order valence-corrected chi connectivity index (χ3v) is 6.60. The molecule has 1 aliphatic heterocycles. The molecule has 2 aromatic rings. The fraction of sp³-hybridized carbons (Fsp3) is 0.731. The molecule has 11 heteroatoms. The average Bonchev–Trinajstić information content (AvgIpc) is 3.46. The van der Waals surface area contributed by atoms with Crippen molar-refractivity contribution in [3.63, 3.8) is 0 Å². The Morgan fingerprint density at radius 3 is 2.38 bits per heavy atom. The molecule has 0 radical (unpaired) electrons. The Morgan fingerprint density at radius 2 is 1.70 bits per heavy atom. The van der Waals surface area contributed by atoms with E-state index in [1.54, 1.807) is 4.57 Å². The number of anilines is 1. The van der Waals surface area contributed by atoms with E-state index < -0.39 is 24.0 Å². The lowest BCUT2D eigenvalue weighted by Gasteiger charge is -2.19. The maximum absolute atomic E-state index is 12.6. The molecule has 2 aromatic heterocycles. The van der Waals surface area contributed by atoms with Crippen LogP contribution in [0, 0.1) is 0 Å². The number of nitrogens with two attached hydrogens (primary N) is 1. The fourth-order valence-electron chi connectivity index (χ4n) is 4.52. The number of esters is 2. The maximum atomic E-state index is 12.6. The topological polar surface area (TPSA) is 151 Å². The van der Waals surface area contributed by atoms with E-state index in [2.05, 4.69) is 28.8 Å². The Kier molecular flexibility index (Phi) is 11.4. The summed E-state index contributed by atoms with van der Waals surface area (Å²) < 4.78 is 19.0. The van der Waals surface area contributed by atoms with Crippen LogP contribution in [0.25, 0.3) is 11.2 Å². The second kappa shape index (κ2) is 14.7. The molecule has 0 aliphatic carbocycles. The van der Waals surface area contributed by atoms with E-state index in [1.165, 1.54) is 6.33 Å². The molecule has 3 heterocycles. The zero-order valence-corrected chi connectivity index (χ0v) is 22.1. The minimum absolute atomic E-state index is 0.0263. The highest BCUT2D eigenvalue weighted by Gasteiger charge is 2.40. The third kappa shape index (κ3) is 8.55.